The highest BCUT2D eigenvalue weighted by atomic mass is 32.2. The maximum Gasteiger partial charge on any atom is 0.243 e. The highest BCUT2D eigenvalue weighted by Crippen LogP contribution is 2.18. The van der Waals surface area contributed by atoms with Gasteiger partial charge >= 0.3 is 0 Å². The molecule has 7 heteroatoms. The topological polar surface area (TPSA) is 72.2 Å². The summed E-state index contributed by atoms with van der Waals surface area (Å²) in [5, 5.41) is 0. The van der Waals surface area contributed by atoms with E-state index in [9.17, 15) is 17.2 Å². The van der Waals surface area contributed by atoms with Gasteiger partial charge in [0.25, 0.3) is 0 Å². The highest BCUT2D eigenvalue weighted by molar-refractivity contribution is 7.89. The molecule has 0 aliphatic heterocycles. The summed E-state index contributed by atoms with van der Waals surface area (Å²) in [7, 11) is -4.10. The van der Waals surface area contributed by atoms with Gasteiger partial charge in [-0.05, 0) is 24.3 Å². The second kappa shape index (κ2) is 5.56. The molecule has 0 saturated heterocycles. The van der Waals surface area contributed by atoms with Crippen LogP contribution in [0.2, 0.25) is 0 Å². The molecule has 3 N–H and O–H groups in total. The van der Waals surface area contributed by atoms with Gasteiger partial charge in [-0.3, -0.25) is 0 Å². The molecule has 0 aliphatic carbocycles. The molecule has 0 atom stereocenters. The fourth-order valence-electron chi connectivity index (χ4n) is 1.62. The van der Waals surface area contributed by atoms with Crippen LogP contribution in [-0.2, 0) is 16.6 Å². The van der Waals surface area contributed by atoms with Crippen molar-refractivity contribution in [2.75, 3.05) is 5.73 Å². The van der Waals surface area contributed by atoms with Crippen molar-refractivity contribution < 1.29 is 17.2 Å². The summed E-state index contributed by atoms with van der Waals surface area (Å²) in [4.78, 5) is -0.561. The average molecular weight is 298 g/mol. The Bertz CT molecular complexity index is 733. The van der Waals surface area contributed by atoms with Crippen molar-refractivity contribution in [1.82, 2.24) is 4.72 Å². The van der Waals surface area contributed by atoms with E-state index in [1.807, 2.05) is 0 Å². The zero-order valence-electron chi connectivity index (χ0n) is 10.3. The van der Waals surface area contributed by atoms with Gasteiger partial charge in [0.1, 0.15) is 16.5 Å². The van der Waals surface area contributed by atoms with Crippen LogP contribution in [-0.4, -0.2) is 8.42 Å². The summed E-state index contributed by atoms with van der Waals surface area (Å²) in [5.74, 6) is -1.46. The first-order valence-corrected chi connectivity index (χ1v) is 7.16. The van der Waals surface area contributed by atoms with Crippen LogP contribution in [0.5, 0.6) is 0 Å². The van der Waals surface area contributed by atoms with Crippen LogP contribution >= 0.6 is 0 Å². The third kappa shape index (κ3) is 3.12. The lowest BCUT2D eigenvalue weighted by Gasteiger charge is -2.09. The monoisotopic (exact) mass is 298 g/mol. The Morgan fingerprint density at radius 2 is 1.75 bits per heavy atom. The molecule has 0 saturated carbocycles. The van der Waals surface area contributed by atoms with Crippen LogP contribution in [0.25, 0.3) is 0 Å². The number of halogens is 2. The summed E-state index contributed by atoms with van der Waals surface area (Å²) >= 11 is 0. The fourth-order valence-corrected chi connectivity index (χ4v) is 2.74. The van der Waals surface area contributed by atoms with Crippen LogP contribution in [0.1, 0.15) is 5.56 Å². The van der Waals surface area contributed by atoms with E-state index in [1.165, 1.54) is 24.3 Å². The molecule has 0 aliphatic rings. The third-order valence-electron chi connectivity index (χ3n) is 2.66. The zero-order valence-corrected chi connectivity index (χ0v) is 11.1. The third-order valence-corrected chi connectivity index (χ3v) is 4.07. The summed E-state index contributed by atoms with van der Waals surface area (Å²) < 4.78 is 53.0. The second-order valence-electron chi connectivity index (χ2n) is 4.11. The van der Waals surface area contributed by atoms with E-state index in [-0.39, 0.29) is 17.8 Å². The lowest BCUT2D eigenvalue weighted by atomic mass is 10.2. The number of nitrogens with one attached hydrogen (secondary N) is 1. The molecule has 0 heterocycles. The largest absolute Gasteiger partial charge is 0.399 e. The average Bonchev–Trinajstić information content (AvgIpc) is 2.40. The number of sulfonamides is 1. The molecule has 2 aromatic carbocycles. The molecule has 4 nitrogen and oxygen atoms in total. The quantitative estimate of drug-likeness (QED) is 0.848. The van der Waals surface area contributed by atoms with Gasteiger partial charge in [0.05, 0.1) is 0 Å². The van der Waals surface area contributed by atoms with E-state index in [1.54, 1.807) is 6.07 Å². The van der Waals surface area contributed by atoms with Gasteiger partial charge in [0.15, 0.2) is 0 Å². The standard InChI is InChI=1S/C13H12F2N2O2S/c14-11-4-2-1-3-9(11)8-17-20(18,19)13-7-10(16)5-6-12(13)15/h1-7,17H,8,16H2. The number of nitrogens with two attached hydrogens (primary N) is 1. The molecule has 0 unspecified atom stereocenters. The zero-order chi connectivity index (χ0) is 14.8. The number of hydrogen-bond donors (Lipinski definition) is 2. The molecule has 2 aromatic rings. The van der Waals surface area contributed by atoms with E-state index >= 15 is 0 Å². The highest BCUT2D eigenvalue weighted by Gasteiger charge is 2.19. The first-order chi connectivity index (χ1) is 9.40. The maximum absolute atomic E-state index is 13.5. The number of anilines is 1. The van der Waals surface area contributed by atoms with Crippen molar-refractivity contribution in [2.24, 2.45) is 0 Å². The van der Waals surface area contributed by atoms with Crippen LogP contribution in [0, 0.1) is 11.6 Å². The molecular weight excluding hydrogens is 286 g/mol. The Labute approximate surface area is 115 Å². The number of benzene rings is 2. The van der Waals surface area contributed by atoms with Crippen molar-refractivity contribution in [2.45, 2.75) is 11.4 Å². The minimum atomic E-state index is -4.10. The number of hydrogen-bond acceptors (Lipinski definition) is 3. The molecule has 0 aromatic heterocycles. The van der Waals surface area contributed by atoms with Gasteiger partial charge in [-0.1, -0.05) is 18.2 Å². The van der Waals surface area contributed by atoms with Crippen molar-refractivity contribution in [3.8, 4) is 0 Å². The van der Waals surface area contributed by atoms with Crippen LogP contribution < -0.4 is 10.5 Å². The Balaban J connectivity index is 2.24. The molecule has 106 valence electrons. The fraction of sp³-hybridized carbons (Fsp3) is 0.0769. The molecule has 0 bridgehead atoms. The summed E-state index contributed by atoms with van der Waals surface area (Å²) in [5.41, 5.74) is 5.73. The van der Waals surface area contributed by atoms with Gasteiger partial charge in [-0.2, -0.15) is 0 Å². The lowest BCUT2D eigenvalue weighted by molar-refractivity contribution is 0.554. The van der Waals surface area contributed by atoms with E-state index in [2.05, 4.69) is 4.72 Å². The molecular formula is C13H12F2N2O2S. The minimum absolute atomic E-state index is 0.123. The van der Waals surface area contributed by atoms with Crippen molar-refractivity contribution in [3.63, 3.8) is 0 Å². The first-order valence-electron chi connectivity index (χ1n) is 5.68. The normalized spacial score (nSPS) is 11.5. The van der Waals surface area contributed by atoms with Crippen molar-refractivity contribution in [3.05, 3.63) is 59.7 Å². The van der Waals surface area contributed by atoms with Gasteiger partial charge in [0, 0.05) is 17.8 Å². The molecule has 2 rings (SSSR count). The SMILES string of the molecule is Nc1ccc(F)c(S(=O)(=O)NCc2ccccc2F)c1. The van der Waals surface area contributed by atoms with Crippen LogP contribution in [0.4, 0.5) is 14.5 Å². The Kier molecular flexibility index (Phi) is 4.01. The Hall–Kier alpha value is -1.99. The lowest BCUT2D eigenvalue weighted by Crippen LogP contribution is -2.24. The smallest absolute Gasteiger partial charge is 0.243 e. The van der Waals surface area contributed by atoms with Crippen LogP contribution in [0.15, 0.2) is 47.4 Å². The van der Waals surface area contributed by atoms with Crippen molar-refractivity contribution in [1.29, 1.82) is 0 Å². The summed E-state index contributed by atoms with van der Waals surface area (Å²) in [6.07, 6.45) is 0. The van der Waals surface area contributed by atoms with E-state index in [4.69, 9.17) is 5.73 Å². The second-order valence-corrected chi connectivity index (χ2v) is 5.84. The number of nitrogen functional groups attached to an aromatic ring is 1. The predicted molar refractivity (Wildman–Crippen MR) is 71.2 cm³/mol. The van der Waals surface area contributed by atoms with Crippen LogP contribution in [0.3, 0.4) is 0 Å². The van der Waals surface area contributed by atoms with E-state index in [0.29, 0.717) is 0 Å². The molecule has 0 fully saturated rings. The molecule has 0 amide bonds. The van der Waals surface area contributed by atoms with Gasteiger partial charge < -0.3 is 5.73 Å². The minimum Gasteiger partial charge on any atom is -0.399 e. The Morgan fingerprint density at radius 3 is 2.45 bits per heavy atom. The molecule has 20 heavy (non-hydrogen) atoms. The van der Waals surface area contributed by atoms with E-state index < -0.39 is 26.6 Å². The van der Waals surface area contributed by atoms with Crippen molar-refractivity contribution >= 4 is 15.7 Å². The maximum atomic E-state index is 13.5. The van der Waals surface area contributed by atoms with Gasteiger partial charge in [-0.25, -0.2) is 21.9 Å². The summed E-state index contributed by atoms with van der Waals surface area (Å²) in [6, 6.07) is 8.95. The predicted octanol–water partition coefficient (Wildman–Crippen LogP) is 2.03. The molecule has 0 spiro atoms. The van der Waals surface area contributed by atoms with E-state index in [0.717, 1.165) is 12.1 Å². The summed E-state index contributed by atoms with van der Waals surface area (Å²) in [6.45, 7) is -0.275. The number of rotatable bonds is 4. The van der Waals surface area contributed by atoms with Gasteiger partial charge in [-0.15, -0.1) is 0 Å². The first kappa shape index (κ1) is 14.4. The Morgan fingerprint density at radius 1 is 1.05 bits per heavy atom. The van der Waals surface area contributed by atoms with Gasteiger partial charge in [0.2, 0.25) is 10.0 Å². The molecule has 0 radical (unpaired) electrons.